The van der Waals surface area contributed by atoms with E-state index < -0.39 is 0 Å². The number of aliphatic hydroxyl groups is 1. The minimum atomic E-state index is -0.0770. The lowest BCUT2D eigenvalue weighted by molar-refractivity contribution is -0.119. The molecule has 1 N–H and O–H groups in total. The fraction of sp³-hybridized carbons (Fsp3) is 0.700. The Labute approximate surface area is 73.3 Å². The van der Waals surface area contributed by atoms with Crippen molar-refractivity contribution in [2.45, 2.75) is 33.1 Å². The smallest absolute Gasteiger partial charge is 0.163 e. The van der Waals surface area contributed by atoms with Crippen LogP contribution in [0, 0.1) is 5.92 Å². The van der Waals surface area contributed by atoms with Crippen molar-refractivity contribution in [3.05, 3.63) is 11.1 Å². The summed E-state index contributed by atoms with van der Waals surface area (Å²) >= 11 is 0. The van der Waals surface area contributed by atoms with Gasteiger partial charge in [0.1, 0.15) is 0 Å². The van der Waals surface area contributed by atoms with Crippen molar-refractivity contribution in [2.75, 3.05) is 6.61 Å². The second kappa shape index (κ2) is 3.85. The van der Waals surface area contributed by atoms with Crippen molar-refractivity contribution in [2.24, 2.45) is 5.92 Å². The number of ketones is 1. The fourth-order valence-electron chi connectivity index (χ4n) is 1.72. The van der Waals surface area contributed by atoms with Gasteiger partial charge in [0.2, 0.25) is 0 Å². The zero-order valence-electron chi connectivity index (χ0n) is 7.76. The number of Topliss-reactive ketones (excluding diaryl/α,β-unsaturated/α-hetero) is 1. The maximum absolute atomic E-state index is 11.5. The molecule has 0 amide bonds. The van der Waals surface area contributed by atoms with Crippen LogP contribution in [0.1, 0.15) is 33.1 Å². The molecule has 0 aromatic heterocycles. The van der Waals surface area contributed by atoms with Gasteiger partial charge in [0, 0.05) is 11.5 Å². The highest BCUT2D eigenvalue weighted by Crippen LogP contribution is 2.27. The third-order valence-corrected chi connectivity index (χ3v) is 2.64. The normalized spacial score (nSPS) is 24.9. The number of rotatable bonds is 2. The van der Waals surface area contributed by atoms with Gasteiger partial charge in [-0.1, -0.05) is 19.4 Å². The zero-order chi connectivity index (χ0) is 9.14. The highest BCUT2D eigenvalue weighted by atomic mass is 16.3. The molecule has 12 heavy (non-hydrogen) atoms. The second-order valence-electron chi connectivity index (χ2n) is 3.40. The van der Waals surface area contributed by atoms with E-state index in [1.54, 1.807) is 0 Å². The first-order chi connectivity index (χ1) is 5.70. The van der Waals surface area contributed by atoms with Crippen LogP contribution in [0.3, 0.4) is 0 Å². The lowest BCUT2D eigenvalue weighted by atomic mass is 9.83. The topological polar surface area (TPSA) is 37.3 Å². The lowest BCUT2D eigenvalue weighted by Crippen LogP contribution is -2.22. The molecule has 1 unspecified atom stereocenters. The highest BCUT2D eigenvalue weighted by molar-refractivity contribution is 5.98. The molecule has 1 rings (SSSR count). The predicted octanol–water partition coefficient (Wildman–Crippen LogP) is 1.68. The van der Waals surface area contributed by atoms with Crippen LogP contribution in [0.15, 0.2) is 11.1 Å². The molecule has 0 aromatic carbocycles. The molecule has 0 radical (unpaired) electrons. The van der Waals surface area contributed by atoms with Crippen LogP contribution in [0.5, 0.6) is 0 Å². The fourth-order valence-corrected chi connectivity index (χ4v) is 1.72. The minimum Gasteiger partial charge on any atom is -0.392 e. The van der Waals surface area contributed by atoms with E-state index in [4.69, 9.17) is 5.11 Å². The van der Waals surface area contributed by atoms with Crippen molar-refractivity contribution in [1.82, 2.24) is 0 Å². The maximum Gasteiger partial charge on any atom is 0.163 e. The number of aliphatic hydroxyl groups excluding tert-OH is 1. The molecular formula is C10H16O2. The molecule has 0 spiro atoms. The summed E-state index contributed by atoms with van der Waals surface area (Å²) in [5.74, 6) is 0.267. The number of hydrogen-bond donors (Lipinski definition) is 1. The SMILES string of the molecule is CCC1=C(CO)C(=O)C(C)CC1. The van der Waals surface area contributed by atoms with Gasteiger partial charge in [-0.05, 0) is 19.3 Å². The summed E-state index contributed by atoms with van der Waals surface area (Å²) in [6, 6.07) is 0. The molecule has 1 aliphatic carbocycles. The first-order valence-electron chi connectivity index (χ1n) is 4.56. The van der Waals surface area contributed by atoms with Crippen molar-refractivity contribution in [3.63, 3.8) is 0 Å². The average Bonchev–Trinajstić information content (AvgIpc) is 2.09. The van der Waals surface area contributed by atoms with Gasteiger partial charge in [0.05, 0.1) is 6.61 Å². The number of carbonyl (C=O) groups is 1. The molecule has 0 saturated carbocycles. The van der Waals surface area contributed by atoms with Gasteiger partial charge < -0.3 is 5.11 Å². The van der Waals surface area contributed by atoms with Gasteiger partial charge >= 0.3 is 0 Å². The number of carbonyl (C=O) groups excluding carboxylic acids is 1. The Kier molecular flexibility index (Phi) is 3.04. The molecule has 0 aliphatic heterocycles. The number of allylic oxidation sites excluding steroid dienone is 1. The summed E-state index contributed by atoms with van der Waals surface area (Å²) < 4.78 is 0. The van der Waals surface area contributed by atoms with Crippen molar-refractivity contribution >= 4 is 5.78 Å². The van der Waals surface area contributed by atoms with E-state index >= 15 is 0 Å². The zero-order valence-corrected chi connectivity index (χ0v) is 7.76. The second-order valence-corrected chi connectivity index (χ2v) is 3.40. The van der Waals surface area contributed by atoms with Gasteiger partial charge in [0.25, 0.3) is 0 Å². The monoisotopic (exact) mass is 168 g/mol. The van der Waals surface area contributed by atoms with Crippen LogP contribution in [-0.4, -0.2) is 17.5 Å². The van der Waals surface area contributed by atoms with Crippen LogP contribution in [0.2, 0.25) is 0 Å². The van der Waals surface area contributed by atoms with Crippen molar-refractivity contribution < 1.29 is 9.90 Å². The van der Waals surface area contributed by atoms with Gasteiger partial charge in [0.15, 0.2) is 5.78 Å². The molecule has 0 fully saturated rings. The van der Waals surface area contributed by atoms with Crippen molar-refractivity contribution in [3.8, 4) is 0 Å². The van der Waals surface area contributed by atoms with Gasteiger partial charge in [-0.25, -0.2) is 0 Å². The molecule has 0 bridgehead atoms. The summed E-state index contributed by atoms with van der Waals surface area (Å²) in [5, 5.41) is 9.00. The molecule has 2 heteroatoms. The Morgan fingerprint density at radius 2 is 2.25 bits per heavy atom. The lowest BCUT2D eigenvalue weighted by Gasteiger charge is -2.21. The largest absolute Gasteiger partial charge is 0.392 e. The summed E-state index contributed by atoms with van der Waals surface area (Å²) in [5.41, 5.74) is 1.83. The van der Waals surface area contributed by atoms with Crippen LogP contribution >= 0.6 is 0 Å². The Hall–Kier alpha value is -0.630. The quantitative estimate of drug-likeness (QED) is 0.681. The first kappa shape index (κ1) is 9.46. The molecule has 0 saturated heterocycles. The van der Waals surface area contributed by atoms with E-state index in [2.05, 4.69) is 0 Å². The van der Waals surface area contributed by atoms with E-state index in [1.807, 2.05) is 13.8 Å². The Morgan fingerprint density at radius 3 is 2.75 bits per heavy atom. The van der Waals surface area contributed by atoms with Crippen LogP contribution in [0.4, 0.5) is 0 Å². The van der Waals surface area contributed by atoms with Crippen molar-refractivity contribution in [1.29, 1.82) is 0 Å². The minimum absolute atomic E-state index is 0.0770. The molecule has 68 valence electrons. The molecule has 0 aromatic rings. The van der Waals surface area contributed by atoms with E-state index in [1.165, 1.54) is 0 Å². The average molecular weight is 168 g/mol. The Balaban J connectivity index is 2.92. The molecule has 0 heterocycles. The molecule has 1 aliphatic rings. The summed E-state index contributed by atoms with van der Waals surface area (Å²) in [7, 11) is 0. The van der Waals surface area contributed by atoms with E-state index in [-0.39, 0.29) is 18.3 Å². The van der Waals surface area contributed by atoms with Crippen LogP contribution in [0.25, 0.3) is 0 Å². The van der Waals surface area contributed by atoms with Crippen LogP contribution < -0.4 is 0 Å². The Morgan fingerprint density at radius 1 is 1.58 bits per heavy atom. The Bertz CT molecular complexity index is 216. The third kappa shape index (κ3) is 1.58. The molecular weight excluding hydrogens is 152 g/mol. The molecule has 2 nitrogen and oxygen atoms in total. The third-order valence-electron chi connectivity index (χ3n) is 2.64. The highest BCUT2D eigenvalue weighted by Gasteiger charge is 2.24. The first-order valence-corrected chi connectivity index (χ1v) is 4.56. The summed E-state index contributed by atoms with van der Waals surface area (Å²) in [4.78, 5) is 11.5. The standard InChI is InChI=1S/C10H16O2/c1-3-8-5-4-7(2)10(12)9(8)6-11/h7,11H,3-6H2,1-2H3. The maximum atomic E-state index is 11.5. The number of hydrogen-bond acceptors (Lipinski definition) is 2. The summed E-state index contributed by atoms with van der Waals surface area (Å²) in [6.07, 6.45) is 2.83. The summed E-state index contributed by atoms with van der Waals surface area (Å²) in [6.45, 7) is 3.89. The van der Waals surface area contributed by atoms with Crippen LogP contribution in [-0.2, 0) is 4.79 Å². The van der Waals surface area contributed by atoms with E-state index in [9.17, 15) is 4.79 Å². The van der Waals surface area contributed by atoms with E-state index in [0.717, 1.165) is 24.8 Å². The van der Waals surface area contributed by atoms with Gasteiger partial charge in [-0.2, -0.15) is 0 Å². The molecule has 1 atom stereocenters. The van der Waals surface area contributed by atoms with Gasteiger partial charge in [-0.3, -0.25) is 4.79 Å². The van der Waals surface area contributed by atoms with E-state index in [0.29, 0.717) is 5.57 Å². The van der Waals surface area contributed by atoms with Gasteiger partial charge in [-0.15, -0.1) is 0 Å². The predicted molar refractivity (Wildman–Crippen MR) is 47.8 cm³/mol.